The molecule has 0 radical (unpaired) electrons. The van der Waals surface area contributed by atoms with Crippen molar-refractivity contribution in [2.24, 2.45) is 11.1 Å². The van der Waals surface area contributed by atoms with Crippen molar-refractivity contribution in [2.75, 3.05) is 13.2 Å². The Balaban J connectivity index is 2.08. The predicted octanol–water partition coefficient (Wildman–Crippen LogP) is 0.904. The highest BCUT2D eigenvalue weighted by atomic mass is 16.5. The molecule has 1 aliphatic carbocycles. The Morgan fingerprint density at radius 1 is 1.50 bits per heavy atom. The summed E-state index contributed by atoms with van der Waals surface area (Å²) >= 11 is 0. The third-order valence-corrected chi connectivity index (χ3v) is 2.98. The van der Waals surface area contributed by atoms with Gasteiger partial charge in [0.25, 0.3) is 0 Å². The summed E-state index contributed by atoms with van der Waals surface area (Å²) < 4.78 is 5.62. The van der Waals surface area contributed by atoms with Crippen LogP contribution in [-0.2, 0) is 4.74 Å². The van der Waals surface area contributed by atoms with Gasteiger partial charge in [-0.1, -0.05) is 6.92 Å². The first-order valence-corrected chi connectivity index (χ1v) is 4.02. The number of fused-ring (bicyclic) bond motifs is 2. The fourth-order valence-corrected chi connectivity index (χ4v) is 2.50. The lowest BCUT2D eigenvalue weighted by molar-refractivity contribution is -0.212. The lowest BCUT2D eigenvalue weighted by Crippen LogP contribution is -2.60. The molecule has 0 spiro atoms. The van der Waals surface area contributed by atoms with Crippen LogP contribution in [-0.4, -0.2) is 18.8 Å². The van der Waals surface area contributed by atoms with Crippen molar-refractivity contribution in [1.29, 1.82) is 0 Å². The Morgan fingerprint density at radius 2 is 2.20 bits per heavy atom. The molecule has 2 saturated heterocycles. The zero-order valence-electron chi connectivity index (χ0n) is 6.52. The third kappa shape index (κ3) is 0.722. The van der Waals surface area contributed by atoms with Gasteiger partial charge in [0.1, 0.15) is 0 Å². The molecule has 2 N–H and O–H groups in total. The van der Waals surface area contributed by atoms with Crippen LogP contribution < -0.4 is 5.73 Å². The maximum Gasteiger partial charge on any atom is 0.0814 e. The Hall–Kier alpha value is -0.0800. The van der Waals surface area contributed by atoms with Gasteiger partial charge in [-0.2, -0.15) is 0 Å². The summed E-state index contributed by atoms with van der Waals surface area (Å²) in [4.78, 5) is 0. The number of nitrogens with two attached hydrogens (primary N) is 1. The summed E-state index contributed by atoms with van der Waals surface area (Å²) in [6.45, 7) is 3.97. The van der Waals surface area contributed by atoms with E-state index in [0.717, 1.165) is 6.61 Å². The van der Waals surface area contributed by atoms with Gasteiger partial charge in [-0.3, -0.25) is 0 Å². The van der Waals surface area contributed by atoms with Gasteiger partial charge in [-0.05, 0) is 24.7 Å². The van der Waals surface area contributed by atoms with Crippen molar-refractivity contribution in [1.82, 2.24) is 0 Å². The van der Waals surface area contributed by atoms with Crippen LogP contribution >= 0.6 is 0 Å². The highest BCUT2D eigenvalue weighted by Crippen LogP contribution is 2.55. The van der Waals surface area contributed by atoms with Crippen LogP contribution in [0.2, 0.25) is 0 Å². The molecular weight excluding hydrogens is 126 g/mol. The molecule has 0 aromatic heterocycles. The smallest absolute Gasteiger partial charge is 0.0814 e. The molecule has 0 atom stereocenters. The molecule has 2 heteroatoms. The van der Waals surface area contributed by atoms with Crippen molar-refractivity contribution in [3.8, 4) is 0 Å². The van der Waals surface area contributed by atoms with E-state index in [9.17, 15) is 0 Å². The van der Waals surface area contributed by atoms with Crippen molar-refractivity contribution < 1.29 is 4.74 Å². The van der Waals surface area contributed by atoms with Gasteiger partial charge in [-0.25, -0.2) is 0 Å². The average Bonchev–Trinajstić information content (AvgIpc) is 1.86. The zero-order chi connectivity index (χ0) is 7.24. The van der Waals surface area contributed by atoms with Gasteiger partial charge < -0.3 is 10.5 Å². The molecule has 0 unspecified atom stereocenters. The van der Waals surface area contributed by atoms with E-state index < -0.39 is 0 Å². The second kappa shape index (κ2) is 1.74. The summed E-state index contributed by atoms with van der Waals surface area (Å²) in [5.41, 5.74) is 6.29. The molecule has 58 valence electrons. The minimum Gasteiger partial charge on any atom is -0.374 e. The first-order chi connectivity index (χ1) is 4.68. The van der Waals surface area contributed by atoms with Crippen molar-refractivity contribution >= 4 is 0 Å². The molecule has 2 nitrogen and oxygen atoms in total. The fourth-order valence-electron chi connectivity index (χ4n) is 2.50. The quantitative estimate of drug-likeness (QED) is 0.589. The highest BCUT2D eigenvalue weighted by molar-refractivity contribution is 5.06. The fraction of sp³-hybridized carbons (Fsp3) is 1.00. The van der Waals surface area contributed by atoms with E-state index >= 15 is 0 Å². The minimum absolute atomic E-state index is 0.104. The van der Waals surface area contributed by atoms with E-state index in [1.165, 1.54) is 19.3 Å². The second-order valence-corrected chi connectivity index (χ2v) is 4.15. The Labute approximate surface area is 61.7 Å². The Bertz CT molecular complexity index is 149. The molecular formula is C8H15NO. The number of hydrogen-bond acceptors (Lipinski definition) is 2. The largest absolute Gasteiger partial charge is 0.374 e. The van der Waals surface area contributed by atoms with Crippen molar-refractivity contribution in [3.05, 3.63) is 0 Å². The van der Waals surface area contributed by atoms with Gasteiger partial charge in [0, 0.05) is 13.2 Å². The lowest BCUT2D eigenvalue weighted by Gasteiger charge is -2.58. The van der Waals surface area contributed by atoms with E-state index in [0.29, 0.717) is 12.0 Å². The molecule has 1 saturated carbocycles. The minimum atomic E-state index is 0.104. The second-order valence-electron chi connectivity index (χ2n) is 4.15. The molecule has 3 aliphatic rings. The molecule has 2 aliphatic heterocycles. The molecule has 2 heterocycles. The topological polar surface area (TPSA) is 35.2 Å². The van der Waals surface area contributed by atoms with Gasteiger partial charge >= 0.3 is 0 Å². The summed E-state index contributed by atoms with van der Waals surface area (Å²) in [5.74, 6) is 0. The molecule has 3 rings (SSSR count). The van der Waals surface area contributed by atoms with Crippen LogP contribution in [0.1, 0.15) is 26.2 Å². The number of ether oxygens (including phenoxy) is 1. The summed E-state index contributed by atoms with van der Waals surface area (Å²) in [5, 5.41) is 0. The van der Waals surface area contributed by atoms with Crippen molar-refractivity contribution in [2.45, 2.75) is 31.8 Å². The molecule has 0 aromatic rings. The van der Waals surface area contributed by atoms with Gasteiger partial charge in [0.2, 0.25) is 0 Å². The van der Waals surface area contributed by atoms with Gasteiger partial charge in [-0.15, -0.1) is 0 Å². The number of hydrogen-bond donors (Lipinski definition) is 1. The van der Waals surface area contributed by atoms with E-state index in [-0.39, 0.29) is 5.60 Å². The summed E-state index contributed by atoms with van der Waals surface area (Å²) in [6, 6.07) is 0. The molecule has 0 amide bonds. The van der Waals surface area contributed by atoms with Crippen LogP contribution in [0.3, 0.4) is 0 Å². The van der Waals surface area contributed by atoms with Crippen LogP contribution in [0.5, 0.6) is 0 Å². The van der Waals surface area contributed by atoms with E-state index in [2.05, 4.69) is 6.92 Å². The average molecular weight is 141 g/mol. The van der Waals surface area contributed by atoms with Gasteiger partial charge in [0.15, 0.2) is 0 Å². The number of rotatable bonds is 1. The molecule has 3 fully saturated rings. The monoisotopic (exact) mass is 141 g/mol. The Morgan fingerprint density at radius 3 is 2.60 bits per heavy atom. The van der Waals surface area contributed by atoms with Crippen molar-refractivity contribution in [3.63, 3.8) is 0 Å². The lowest BCUT2D eigenvalue weighted by atomic mass is 9.57. The third-order valence-electron chi connectivity index (χ3n) is 2.98. The first-order valence-electron chi connectivity index (χ1n) is 4.02. The van der Waals surface area contributed by atoms with E-state index in [4.69, 9.17) is 10.5 Å². The first kappa shape index (κ1) is 6.62. The maximum atomic E-state index is 5.62. The summed E-state index contributed by atoms with van der Waals surface area (Å²) in [7, 11) is 0. The predicted molar refractivity (Wildman–Crippen MR) is 39.7 cm³/mol. The van der Waals surface area contributed by atoms with Crippen LogP contribution in [0.4, 0.5) is 0 Å². The maximum absolute atomic E-state index is 5.62. The van der Waals surface area contributed by atoms with Crippen LogP contribution in [0, 0.1) is 5.41 Å². The van der Waals surface area contributed by atoms with Crippen LogP contribution in [0.25, 0.3) is 0 Å². The Kier molecular flexibility index (Phi) is 1.15. The standard InChI is InChI=1S/C8H15NO/c1-7-2-3-10-8(4-7,5-7)6-9/h2-6,9H2,1H3. The SMILES string of the molecule is CC12CCOC(CN)(C1)C2. The molecule has 10 heavy (non-hydrogen) atoms. The molecule has 2 bridgehead atoms. The summed E-state index contributed by atoms with van der Waals surface area (Å²) in [6.07, 6.45) is 3.61. The zero-order valence-corrected chi connectivity index (χ0v) is 6.52. The molecule has 0 aromatic carbocycles. The van der Waals surface area contributed by atoms with E-state index in [1.807, 2.05) is 0 Å². The highest BCUT2D eigenvalue weighted by Gasteiger charge is 2.54. The van der Waals surface area contributed by atoms with Gasteiger partial charge in [0.05, 0.1) is 5.60 Å². The normalized spacial score (nSPS) is 52.2. The van der Waals surface area contributed by atoms with Crippen LogP contribution in [0.15, 0.2) is 0 Å². The van der Waals surface area contributed by atoms with E-state index in [1.54, 1.807) is 0 Å².